The van der Waals surface area contributed by atoms with Crippen molar-refractivity contribution in [1.29, 1.82) is 0 Å². The van der Waals surface area contributed by atoms with E-state index in [1.807, 2.05) is 0 Å². The van der Waals surface area contributed by atoms with Crippen molar-refractivity contribution in [3.8, 4) is 11.5 Å². The largest absolute Gasteiger partial charge is 0.456 e. The molecule has 2 aromatic rings. The van der Waals surface area contributed by atoms with Crippen molar-refractivity contribution in [2.24, 2.45) is 0 Å². The van der Waals surface area contributed by atoms with E-state index >= 15 is 0 Å². The Kier molecular flexibility index (Phi) is 7.34. The summed E-state index contributed by atoms with van der Waals surface area (Å²) in [6.45, 7) is 4.55. The van der Waals surface area contributed by atoms with Crippen LogP contribution >= 0.6 is 11.6 Å². The highest BCUT2D eigenvalue weighted by atomic mass is 35.5. The van der Waals surface area contributed by atoms with Crippen LogP contribution in [0, 0.1) is 10.1 Å². The number of nitrogens with one attached hydrogen (secondary N) is 1. The lowest BCUT2D eigenvalue weighted by atomic mass is 10.1. The van der Waals surface area contributed by atoms with Gasteiger partial charge < -0.3 is 14.8 Å². The molecule has 2 aromatic carbocycles. The number of hydrogen-bond acceptors (Lipinski definition) is 6. The molecule has 0 saturated carbocycles. The van der Waals surface area contributed by atoms with Gasteiger partial charge in [-0.3, -0.25) is 14.9 Å². The SMILES string of the molecule is CCNC(=O)C(C)(C)OC(=O)c1cc(Oc2ccc(C(F)(F)F)cc2Cl)ccc1[N+](=O)[O-]. The standard InChI is InChI=1S/C20H18ClF3N2O6/c1-4-25-18(28)19(2,3)32-17(27)13-10-12(6-7-15(13)26(29)30)31-16-8-5-11(9-14(16)21)20(22,23)24/h5-10H,4H2,1-3H3,(H,25,28). The highest BCUT2D eigenvalue weighted by Gasteiger charge is 2.35. The third-order valence-corrected chi connectivity index (χ3v) is 4.40. The van der Waals surface area contributed by atoms with Crippen molar-refractivity contribution < 1.29 is 37.2 Å². The lowest BCUT2D eigenvalue weighted by Gasteiger charge is -2.23. The second kappa shape index (κ2) is 9.43. The first-order valence-corrected chi connectivity index (χ1v) is 9.48. The molecule has 0 atom stereocenters. The lowest BCUT2D eigenvalue weighted by Crippen LogP contribution is -2.45. The number of nitro groups is 1. The number of nitrogens with zero attached hydrogens (tertiary/aromatic N) is 1. The average Bonchev–Trinajstić information content (AvgIpc) is 2.68. The zero-order valence-corrected chi connectivity index (χ0v) is 17.8. The van der Waals surface area contributed by atoms with E-state index < -0.39 is 45.4 Å². The molecule has 0 unspecified atom stereocenters. The summed E-state index contributed by atoms with van der Waals surface area (Å²) in [5, 5.41) is 13.4. The van der Waals surface area contributed by atoms with Gasteiger partial charge in [-0.15, -0.1) is 0 Å². The van der Waals surface area contributed by atoms with Crippen molar-refractivity contribution in [2.75, 3.05) is 6.54 Å². The molecule has 12 heteroatoms. The van der Waals surface area contributed by atoms with E-state index in [1.54, 1.807) is 6.92 Å². The van der Waals surface area contributed by atoms with Crippen molar-refractivity contribution in [2.45, 2.75) is 32.5 Å². The fourth-order valence-electron chi connectivity index (χ4n) is 2.49. The number of likely N-dealkylation sites (N-methyl/N-ethyl adjacent to an activating group) is 1. The zero-order chi connectivity index (χ0) is 24.3. The number of carbonyl (C=O) groups excluding carboxylic acids is 2. The van der Waals surface area contributed by atoms with E-state index in [9.17, 15) is 32.9 Å². The molecule has 1 amide bonds. The number of carbonyl (C=O) groups is 2. The molecule has 1 N–H and O–H groups in total. The van der Waals surface area contributed by atoms with Gasteiger partial charge in [0, 0.05) is 18.7 Å². The van der Waals surface area contributed by atoms with Crippen molar-refractivity contribution in [3.63, 3.8) is 0 Å². The Morgan fingerprint density at radius 2 is 1.81 bits per heavy atom. The summed E-state index contributed by atoms with van der Waals surface area (Å²) in [5.41, 5.74) is -3.76. The minimum Gasteiger partial charge on any atom is -0.456 e. The Labute approximate surface area is 185 Å². The van der Waals surface area contributed by atoms with Crippen LogP contribution in [0.4, 0.5) is 18.9 Å². The zero-order valence-electron chi connectivity index (χ0n) is 17.1. The van der Waals surface area contributed by atoms with Crippen LogP contribution in [-0.4, -0.2) is 28.9 Å². The Bertz CT molecular complexity index is 1060. The molecule has 0 aromatic heterocycles. The van der Waals surface area contributed by atoms with E-state index in [-0.39, 0.29) is 23.1 Å². The summed E-state index contributed by atoms with van der Waals surface area (Å²) in [4.78, 5) is 35.2. The average molecular weight is 475 g/mol. The van der Waals surface area contributed by atoms with Crippen LogP contribution < -0.4 is 10.1 Å². The van der Waals surface area contributed by atoms with Gasteiger partial charge in [0.25, 0.3) is 11.6 Å². The van der Waals surface area contributed by atoms with E-state index in [0.717, 1.165) is 30.3 Å². The molecule has 0 bridgehead atoms. The second-order valence-corrected chi connectivity index (χ2v) is 7.35. The Balaban J connectivity index is 2.37. The molecule has 0 aliphatic carbocycles. The second-order valence-electron chi connectivity index (χ2n) is 6.94. The molecular formula is C20H18ClF3N2O6. The first kappa shape index (κ1) is 24.9. The van der Waals surface area contributed by atoms with Gasteiger partial charge in [-0.1, -0.05) is 11.6 Å². The molecule has 0 radical (unpaired) electrons. The number of nitro benzene ring substituents is 1. The molecule has 0 fully saturated rings. The molecule has 0 heterocycles. The highest BCUT2D eigenvalue weighted by Crippen LogP contribution is 2.37. The maximum absolute atomic E-state index is 12.8. The maximum atomic E-state index is 12.8. The number of ether oxygens (including phenoxy) is 2. The minimum absolute atomic E-state index is 0.125. The molecule has 0 spiro atoms. The number of halogens is 4. The fraction of sp³-hybridized carbons (Fsp3) is 0.300. The summed E-state index contributed by atoms with van der Waals surface area (Å²) in [6, 6.07) is 5.45. The molecular weight excluding hydrogens is 457 g/mol. The lowest BCUT2D eigenvalue weighted by molar-refractivity contribution is -0.385. The molecule has 2 rings (SSSR count). The number of rotatable bonds is 7. The Morgan fingerprint density at radius 3 is 2.34 bits per heavy atom. The van der Waals surface area contributed by atoms with Gasteiger partial charge in [0.05, 0.1) is 15.5 Å². The monoisotopic (exact) mass is 474 g/mol. The highest BCUT2D eigenvalue weighted by molar-refractivity contribution is 6.32. The molecule has 32 heavy (non-hydrogen) atoms. The smallest absolute Gasteiger partial charge is 0.416 e. The van der Waals surface area contributed by atoms with Gasteiger partial charge in [0.15, 0.2) is 5.60 Å². The number of benzene rings is 2. The number of amides is 1. The predicted octanol–water partition coefficient (Wildman–Crippen LogP) is 5.13. The Morgan fingerprint density at radius 1 is 1.16 bits per heavy atom. The van der Waals surface area contributed by atoms with Crippen molar-refractivity contribution in [1.82, 2.24) is 5.32 Å². The van der Waals surface area contributed by atoms with Crippen molar-refractivity contribution in [3.05, 3.63) is 62.7 Å². The maximum Gasteiger partial charge on any atom is 0.416 e. The van der Waals surface area contributed by atoms with Crippen LogP contribution in [0.5, 0.6) is 11.5 Å². The third-order valence-electron chi connectivity index (χ3n) is 4.10. The summed E-state index contributed by atoms with van der Waals surface area (Å²) < 4.78 is 48.9. The Hall–Kier alpha value is -3.34. The topological polar surface area (TPSA) is 108 Å². The van der Waals surface area contributed by atoms with Gasteiger partial charge in [-0.2, -0.15) is 13.2 Å². The van der Waals surface area contributed by atoms with Crippen LogP contribution in [0.1, 0.15) is 36.7 Å². The number of alkyl halides is 3. The summed E-state index contributed by atoms with van der Waals surface area (Å²) in [7, 11) is 0. The van der Waals surface area contributed by atoms with Crippen LogP contribution in [-0.2, 0) is 15.7 Å². The number of esters is 1. The molecule has 172 valence electrons. The molecule has 8 nitrogen and oxygen atoms in total. The van der Waals surface area contributed by atoms with Crippen LogP contribution in [0.25, 0.3) is 0 Å². The van der Waals surface area contributed by atoms with E-state index in [4.69, 9.17) is 21.1 Å². The molecule has 0 saturated heterocycles. The van der Waals surface area contributed by atoms with Gasteiger partial charge in [0.2, 0.25) is 0 Å². The minimum atomic E-state index is -4.61. The van der Waals surface area contributed by atoms with Crippen LogP contribution in [0.3, 0.4) is 0 Å². The van der Waals surface area contributed by atoms with Crippen LogP contribution in [0.15, 0.2) is 36.4 Å². The predicted molar refractivity (Wildman–Crippen MR) is 108 cm³/mol. The molecule has 0 aliphatic heterocycles. The van der Waals surface area contributed by atoms with Crippen molar-refractivity contribution >= 4 is 29.2 Å². The third kappa shape index (κ3) is 5.88. The van der Waals surface area contributed by atoms with Crippen LogP contribution in [0.2, 0.25) is 5.02 Å². The van der Waals surface area contributed by atoms with Gasteiger partial charge in [-0.05, 0) is 45.0 Å². The van der Waals surface area contributed by atoms with Gasteiger partial charge in [0.1, 0.15) is 17.1 Å². The first-order valence-electron chi connectivity index (χ1n) is 9.11. The number of hydrogen-bond donors (Lipinski definition) is 1. The van der Waals surface area contributed by atoms with E-state index in [1.165, 1.54) is 13.8 Å². The summed E-state index contributed by atoms with van der Waals surface area (Å²) in [5.74, 6) is -2.08. The first-order chi connectivity index (χ1) is 14.8. The van der Waals surface area contributed by atoms with Gasteiger partial charge in [-0.25, -0.2) is 4.79 Å². The fourth-order valence-corrected chi connectivity index (χ4v) is 2.71. The van der Waals surface area contributed by atoms with E-state index in [2.05, 4.69) is 5.32 Å². The molecule has 0 aliphatic rings. The quantitative estimate of drug-likeness (QED) is 0.338. The summed E-state index contributed by atoms with van der Waals surface area (Å²) >= 11 is 5.85. The normalized spacial score (nSPS) is 11.6. The van der Waals surface area contributed by atoms with E-state index in [0.29, 0.717) is 6.07 Å². The summed E-state index contributed by atoms with van der Waals surface area (Å²) in [6.07, 6.45) is -4.61. The van der Waals surface area contributed by atoms with Gasteiger partial charge >= 0.3 is 12.1 Å².